The van der Waals surface area contributed by atoms with Gasteiger partial charge in [-0.25, -0.2) is 4.39 Å². The van der Waals surface area contributed by atoms with Crippen LogP contribution in [0.4, 0.5) is 4.39 Å². The smallest absolute Gasteiger partial charge is 0.247 e. The lowest BCUT2D eigenvalue weighted by atomic mass is 10.2. The molecule has 1 aliphatic rings. The number of nitrogens with zero attached hydrogens (tertiary/aromatic N) is 5. The van der Waals surface area contributed by atoms with E-state index in [0.29, 0.717) is 33.3 Å². The van der Waals surface area contributed by atoms with Crippen molar-refractivity contribution in [2.75, 3.05) is 0 Å². The maximum absolute atomic E-state index is 14.3. The van der Waals surface area contributed by atoms with Gasteiger partial charge in [-0.3, -0.25) is 4.57 Å². The number of aromatic nitrogens is 5. The first kappa shape index (κ1) is 19.3. The molecule has 0 radical (unpaired) electrons. The van der Waals surface area contributed by atoms with Crippen molar-refractivity contribution in [1.82, 2.24) is 25.0 Å². The van der Waals surface area contributed by atoms with Gasteiger partial charge in [0.05, 0.1) is 10.8 Å². The number of thioether (sulfide) groups is 1. The molecule has 5 rings (SSSR count). The second-order valence-corrected chi connectivity index (χ2v) is 8.85. The lowest BCUT2D eigenvalue weighted by Crippen LogP contribution is -2.02. The Morgan fingerprint density at radius 2 is 1.93 bits per heavy atom. The standard InChI is InChI=1S/C21H17ClFN5OS/c1-12(19-25-26-20(29-19)13-5-4-6-14(22)11-13)30-21-27-24-18(28(21)15-9-10-15)16-7-2-3-8-17(16)23/h2-8,11-12,15H,9-10H2,1H3. The van der Waals surface area contributed by atoms with Crippen LogP contribution in [0.1, 0.15) is 36.9 Å². The summed E-state index contributed by atoms with van der Waals surface area (Å²) < 4.78 is 22.2. The maximum atomic E-state index is 14.3. The highest BCUT2D eigenvalue weighted by molar-refractivity contribution is 7.99. The van der Waals surface area contributed by atoms with E-state index in [9.17, 15) is 4.39 Å². The second-order valence-electron chi connectivity index (χ2n) is 7.10. The highest BCUT2D eigenvalue weighted by Crippen LogP contribution is 2.44. The lowest BCUT2D eigenvalue weighted by molar-refractivity contribution is 0.508. The summed E-state index contributed by atoms with van der Waals surface area (Å²) in [4.78, 5) is 0. The van der Waals surface area contributed by atoms with Crippen molar-refractivity contribution in [1.29, 1.82) is 0 Å². The fraction of sp³-hybridized carbons (Fsp3) is 0.238. The summed E-state index contributed by atoms with van der Waals surface area (Å²) in [5.41, 5.74) is 1.22. The fourth-order valence-electron chi connectivity index (χ4n) is 3.19. The number of benzene rings is 2. The van der Waals surface area contributed by atoms with Gasteiger partial charge < -0.3 is 4.42 Å². The molecule has 0 saturated heterocycles. The number of hydrogen-bond donors (Lipinski definition) is 0. The minimum Gasteiger partial charge on any atom is -0.419 e. The normalized spacial score (nSPS) is 14.8. The zero-order chi connectivity index (χ0) is 20.7. The van der Waals surface area contributed by atoms with E-state index in [2.05, 4.69) is 20.4 Å². The molecule has 6 nitrogen and oxygen atoms in total. The highest BCUT2D eigenvalue weighted by Gasteiger charge is 2.32. The van der Waals surface area contributed by atoms with E-state index >= 15 is 0 Å². The molecule has 1 unspecified atom stereocenters. The molecule has 0 spiro atoms. The Bertz CT molecular complexity index is 1210. The van der Waals surface area contributed by atoms with E-state index in [-0.39, 0.29) is 17.1 Å². The van der Waals surface area contributed by atoms with Crippen LogP contribution in [-0.4, -0.2) is 25.0 Å². The molecule has 9 heteroatoms. The van der Waals surface area contributed by atoms with Crippen molar-refractivity contribution in [3.8, 4) is 22.8 Å². The summed E-state index contributed by atoms with van der Waals surface area (Å²) in [5, 5.41) is 18.1. The van der Waals surface area contributed by atoms with E-state index in [1.165, 1.54) is 17.8 Å². The number of rotatable bonds is 6. The Morgan fingerprint density at radius 1 is 1.10 bits per heavy atom. The van der Waals surface area contributed by atoms with Crippen molar-refractivity contribution in [3.05, 3.63) is 65.3 Å². The first-order chi connectivity index (χ1) is 14.6. The van der Waals surface area contributed by atoms with Crippen molar-refractivity contribution in [2.45, 2.75) is 36.2 Å². The second kappa shape index (κ2) is 7.85. The van der Waals surface area contributed by atoms with Gasteiger partial charge in [0.2, 0.25) is 11.8 Å². The van der Waals surface area contributed by atoms with Crippen LogP contribution in [0.15, 0.2) is 58.1 Å². The minimum absolute atomic E-state index is 0.152. The molecule has 4 aromatic rings. The molecule has 0 bridgehead atoms. The Hall–Kier alpha value is -2.71. The third-order valence-corrected chi connectivity index (χ3v) is 6.11. The Balaban J connectivity index is 1.42. The molecule has 1 saturated carbocycles. The van der Waals surface area contributed by atoms with Gasteiger partial charge in [-0.15, -0.1) is 20.4 Å². The van der Waals surface area contributed by atoms with Crippen molar-refractivity contribution in [3.63, 3.8) is 0 Å². The monoisotopic (exact) mass is 441 g/mol. The van der Waals surface area contributed by atoms with Crippen molar-refractivity contribution in [2.24, 2.45) is 0 Å². The van der Waals surface area contributed by atoms with Gasteiger partial charge in [-0.05, 0) is 50.1 Å². The molecule has 1 atom stereocenters. The highest BCUT2D eigenvalue weighted by atomic mass is 35.5. The first-order valence-corrected chi connectivity index (χ1v) is 10.8. The van der Waals surface area contributed by atoms with Crippen LogP contribution in [0.5, 0.6) is 0 Å². The molecule has 2 heterocycles. The predicted octanol–water partition coefficient (Wildman–Crippen LogP) is 5.98. The van der Waals surface area contributed by atoms with E-state index in [0.717, 1.165) is 18.4 Å². The van der Waals surface area contributed by atoms with Gasteiger partial charge in [0.25, 0.3) is 0 Å². The first-order valence-electron chi connectivity index (χ1n) is 9.56. The predicted molar refractivity (Wildman–Crippen MR) is 113 cm³/mol. The molecular formula is C21H17ClFN5OS. The van der Waals surface area contributed by atoms with E-state index < -0.39 is 0 Å². The van der Waals surface area contributed by atoms with Gasteiger partial charge in [0, 0.05) is 16.6 Å². The lowest BCUT2D eigenvalue weighted by Gasteiger charge is -2.11. The van der Waals surface area contributed by atoms with Crippen LogP contribution in [0, 0.1) is 5.82 Å². The van der Waals surface area contributed by atoms with Crippen LogP contribution >= 0.6 is 23.4 Å². The SMILES string of the molecule is CC(Sc1nnc(-c2ccccc2F)n1C1CC1)c1nnc(-c2cccc(Cl)c2)o1. The molecule has 2 aromatic carbocycles. The zero-order valence-electron chi connectivity index (χ0n) is 16.0. The summed E-state index contributed by atoms with van der Waals surface area (Å²) in [6.07, 6.45) is 2.06. The summed E-state index contributed by atoms with van der Waals surface area (Å²) in [5.74, 6) is 1.14. The topological polar surface area (TPSA) is 69.6 Å². The Morgan fingerprint density at radius 3 is 2.70 bits per heavy atom. The van der Waals surface area contributed by atoms with Crippen LogP contribution in [-0.2, 0) is 0 Å². The van der Waals surface area contributed by atoms with Gasteiger partial charge in [0.1, 0.15) is 5.82 Å². The van der Waals surface area contributed by atoms with Gasteiger partial charge >= 0.3 is 0 Å². The molecular weight excluding hydrogens is 425 g/mol. The third kappa shape index (κ3) is 3.73. The minimum atomic E-state index is -0.306. The summed E-state index contributed by atoms with van der Waals surface area (Å²) in [7, 11) is 0. The van der Waals surface area contributed by atoms with E-state index in [1.807, 2.05) is 23.6 Å². The molecule has 152 valence electrons. The third-order valence-electron chi connectivity index (χ3n) is 4.83. The number of hydrogen-bond acceptors (Lipinski definition) is 6. The molecule has 1 fully saturated rings. The van der Waals surface area contributed by atoms with Gasteiger partial charge in [-0.1, -0.05) is 41.6 Å². The van der Waals surface area contributed by atoms with Crippen LogP contribution in [0.3, 0.4) is 0 Å². The largest absolute Gasteiger partial charge is 0.419 e. The quantitative estimate of drug-likeness (QED) is 0.343. The molecule has 30 heavy (non-hydrogen) atoms. The molecule has 0 aliphatic heterocycles. The molecule has 1 aliphatic carbocycles. The van der Waals surface area contributed by atoms with Gasteiger partial charge in [0.15, 0.2) is 11.0 Å². The summed E-state index contributed by atoms with van der Waals surface area (Å²) in [6, 6.07) is 14.2. The van der Waals surface area contributed by atoms with E-state index in [4.69, 9.17) is 16.0 Å². The summed E-state index contributed by atoms with van der Waals surface area (Å²) >= 11 is 7.52. The maximum Gasteiger partial charge on any atom is 0.247 e. The zero-order valence-corrected chi connectivity index (χ0v) is 17.6. The Labute approximate surface area is 181 Å². The molecule has 0 amide bonds. The van der Waals surface area contributed by atoms with Crippen LogP contribution in [0.2, 0.25) is 5.02 Å². The van der Waals surface area contributed by atoms with Crippen molar-refractivity contribution < 1.29 is 8.81 Å². The number of halogens is 2. The van der Waals surface area contributed by atoms with E-state index in [1.54, 1.807) is 30.3 Å². The average molecular weight is 442 g/mol. The van der Waals surface area contributed by atoms with Crippen molar-refractivity contribution >= 4 is 23.4 Å². The molecule has 0 N–H and O–H groups in total. The average Bonchev–Trinajstić information content (AvgIpc) is 3.30. The summed E-state index contributed by atoms with van der Waals surface area (Å²) in [6.45, 7) is 1.97. The fourth-order valence-corrected chi connectivity index (χ4v) is 4.33. The molecule has 2 aromatic heterocycles. The van der Waals surface area contributed by atoms with Crippen LogP contribution in [0.25, 0.3) is 22.8 Å². The Kier molecular flexibility index (Phi) is 5.04. The van der Waals surface area contributed by atoms with Crippen LogP contribution < -0.4 is 0 Å². The van der Waals surface area contributed by atoms with Gasteiger partial charge in [-0.2, -0.15) is 0 Å².